The first-order valence-corrected chi connectivity index (χ1v) is 5.15. The van der Waals surface area contributed by atoms with Crippen molar-refractivity contribution in [3.05, 3.63) is 0 Å². The molecule has 1 aliphatic heterocycles. The monoisotopic (exact) mass is 201 g/mol. The lowest BCUT2D eigenvalue weighted by Crippen LogP contribution is -2.40. The van der Waals surface area contributed by atoms with E-state index in [-0.39, 0.29) is 0 Å². The lowest BCUT2D eigenvalue weighted by molar-refractivity contribution is -0.159. The zero-order valence-corrected chi connectivity index (χ0v) is 8.86. The van der Waals surface area contributed by atoms with E-state index in [2.05, 4.69) is 18.7 Å². The van der Waals surface area contributed by atoms with E-state index in [1.54, 1.807) is 0 Å². The molecule has 0 bridgehead atoms. The van der Waals surface area contributed by atoms with Crippen LogP contribution in [0.15, 0.2) is 0 Å². The van der Waals surface area contributed by atoms with Crippen molar-refractivity contribution < 1.29 is 15.0 Å². The number of aliphatic carboxylic acids is 1. The van der Waals surface area contributed by atoms with Gasteiger partial charge < -0.3 is 15.1 Å². The van der Waals surface area contributed by atoms with E-state index in [4.69, 9.17) is 5.11 Å². The van der Waals surface area contributed by atoms with Gasteiger partial charge in [-0.1, -0.05) is 0 Å². The van der Waals surface area contributed by atoms with Gasteiger partial charge >= 0.3 is 5.97 Å². The lowest BCUT2D eigenvalue weighted by atomic mass is 9.95. The van der Waals surface area contributed by atoms with E-state index in [0.29, 0.717) is 25.4 Å². The van der Waals surface area contributed by atoms with Gasteiger partial charge in [-0.05, 0) is 39.7 Å². The average Bonchev–Trinajstić information content (AvgIpc) is 2.28. The van der Waals surface area contributed by atoms with E-state index < -0.39 is 11.6 Å². The molecular formula is C10H19NO3. The third-order valence-corrected chi connectivity index (χ3v) is 2.98. The Kier molecular flexibility index (Phi) is 3.50. The van der Waals surface area contributed by atoms with Crippen LogP contribution in [0.5, 0.6) is 0 Å². The molecule has 14 heavy (non-hydrogen) atoms. The SMILES string of the molecule is CC(C)N1CCCC(O)(C(=O)O)CC1. The number of carboxylic acids is 1. The highest BCUT2D eigenvalue weighted by molar-refractivity contribution is 5.77. The standard InChI is InChI=1S/C10H19NO3/c1-8(2)11-6-3-4-10(14,5-7-11)9(12)13/h8,14H,3-7H2,1-2H3,(H,12,13). The molecule has 0 radical (unpaired) electrons. The molecule has 1 unspecified atom stereocenters. The maximum atomic E-state index is 10.8. The van der Waals surface area contributed by atoms with Gasteiger partial charge in [0.25, 0.3) is 0 Å². The minimum absolute atomic E-state index is 0.334. The Balaban J connectivity index is 2.61. The molecule has 1 heterocycles. The van der Waals surface area contributed by atoms with Crippen molar-refractivity contribution in [2.45, 2.75) is 44.8 Å². The molecule has 0 aromatic carbocycles. The topological polar surface area (TPSA) is 60.8 Å². The molecule has 2 N–H and O–H groups in total. The highest BCUT2D eigenvalue weighted by Crippen LogP contribution is 2.23. The molecule has 1 rings (SSSR count). The van der Waals surface area contributed by atoms with Gasteiger partial charge in [0.05, 0.1) is 0 Å². The van der Waals surface area contributed by atoms with Crippen molar-refractivity contribution in [1.82, 2.24) is 4.90 Å². The predicted molar refractivity (Wildman–Crippen MR) is 53.1 cm³/mol. The molecule has 0 aromatic rings. The second-order valence-corrected chi connectivity index (χ2v) is 4.32. The molecule has 1 atom stereocenters. The third kappa shape index (κ3) is 2.45. The molecule has 4 heteroatoms. The highest BCUT2D eigenvalue weighted by Gasteiger charge is 2.37. The highest BCUT2D eigenvalue weighted by atomic mass is 16.4. The van der Waals surface area contributed by atoms with Crippen molar-refractivity contribution in [2.24, 2.45) is 0 Å². The largest absolute Gasteiger partial charge is 0.479 e. The zero-order valence-electron chi connectivity index (χ0n) is 8.86. The molecule has 1 fully saturated rings. The van der Waals surface area contributed by atoms with E-state index in [1.807, 2.05) is 0 Å². The fourth-order valence-electron chi connectivity index (χ4n) is 1.87. The normalized spacial score (nSPS) is 30.3. The van der Waals surface area contributed by atoms with Gasteiger partial charge in [0.2, 0.25) is 0 Å². The van der Waals surface area contributed by atoms with E-state index in [0.717, 1.165) is 13.0 Å². The van der Waals surface area contributed by atoms with Crippen LogP contribution in [0, 0.1) is 0 Å². The third-order valence-electron chi connectivity index (χ3n) is 2.98. The van der Waals surface area contributed by atoms with Crippen molar-refractivity contribution in [1.29, 1.82) is 0 Å². The second-order valence-electron chi connectivity index (χ2n) is 4.32. The van der Waals surface area contributed by atoms with Gasteiger partial charge in [0.1, 0.15) is 0 Å². The van der Waals surface area contributed by atoms with Crippen molar-refractivity contribution >= 4 is 5.97 Å². The lowest BCUT2D eigenvalue weighted by Gasteiger charge is -2.25. The summed E-state index contributed by atoms with van der Waals surface area (Å²) in [5.74, 6) is -1.08. The molecule has 0 spiro atoms. The minimum atomic E-state index is -1.50. The van der Waals surface area contributed by atoms with Gasteiger partial charge in [-0.25, -0.2) is 4.79 Å². The Morgan fingerprint density at radius 1 is 1.36 bits per heavy atom. The van der Waals surface area contributed by atoms with Crippen LogP contribution in [0.25, 0.3) is 0 Å². The van der Waals surface area contributed by atoms with Crippen molar-refractivity contribution in [2.75, 3.05) is 13.1 Å². The summed E-state index contributed by atoms with van der Waals surface area (Å²) in [5.41, 5.74) is -1.50. The van der Waals surface area contributed by atoms with Crippen LogP contribution in [-0.2, 0) is 4.79 Å². The second kappa shape index (κ2) is 4.28. The number of carbonyl (C=O) groups is 1. The Bertz CT molecular complexity index is 217. The number of aliphatic hydroxyl groups is 1. The van der Waals surface area contributed by atoms with Gasteiger partial charge in [-0.2, -0.15) is 0 Å². The quantitative estimate of drug-likeness (QED) is 0.690. The molecule has 1 saturated heterocycles. The summed E-state index contributed by atoms with van der Waals surface area (Å²) in [5, 5.41) is 18.7. The first kappa shape index (κ1) is 11.5. The van der Waals surface area contributed by atoms with E-state index >= 15 is 0 Å². The van der Waals surface area contributed by atoms with Crippen molar-refractivity contribution in [3.8, 4) is 0 Å². The predicted octanol–water partition coefficient (Wildman–Crippen LogP) is 0.696. The number of nitrogens with zero attached hydrogens (tertiary/aromatic N) is 1. The van der Waals surface area contributed by atoms with Crippen LogP contribution < -0.4 is 0 Å². The maximum Gasteiger partial charge on any atom is 0.335 e. The molecule has 0 saturated carbocycles. The fraction of sp³-hybridized carbons (Fsp3) is 0.900. The number of rotatable bonds is 2. The molecule has 4 nitrogen and oxygen atoms in total. The molecule has 0 aromatic heterocycles. The van der Waals surface area contributed by atoms with Gasteiger partial charge in [-0.3, -0.25) is 0 Å². The summed E-state index contributed by atoms with van der Waals surface area (Å²) in [6.45, 7) is 5.73. The summed E-state index contributed by atoms with van der Waals surface area (Å²) >= 11 is 0. The summed E-state index contributed by atoms with van der Waals surface area (Å²) in [4.78, 5) is 13.0. The molecule has 82 valence electrons. The Hall–Kier alpha value is -0.610. The molecular weight excluding hydrogens is 182 g/mol. The Morgan fingerprint density at radius 3 is 2.50 bits per heavy atom. The minimum Gasteiger partial charge on any atom is -0.479 e. The molecule has 0 amide bonds. The van der Waals surface area contributed by atoms with E-state index in [1.165, 1.54) is 0 Å². The number of hydrogen-bond donors (Lipinski definition) is 2. The Morgan fingerprint density at radius 2 is 2.00 bits per heavy atom. The van der Waals surface area contributed by atoms with Crippen LogP contribution in [-0.4, -0.2) is 45.8 Å². The summed E-state index contributed by atoms with van der Waals surface area (Å²) in [6.07, 6.45) is 1.45. The van der Waals surface area contributed by atoms with Crippen LogP contribution in [0.1, 0.15) is 33.1 Å². The first-order valence-electron chi connectivity index (χ1n) is 5.15. The summed E-state index contributed by atoms with van der Waals surface area (Å²) in [6, 6.07) is 0.422. The molecule has 0 aliphatic carbocycles. The smallest absolute Gasteiger partial charge is 0.335 e. The van der Waals surface area contributed by atoms with Gasteiger partial charge in [-0.15, -0.1) is 0 Å². The number of carboxylic acid groups (broad SMARTS) is 1. The van der Waals surface area contributed by atoms with E-state index in [9.17, 15) is 9.90 Å². The van der Waals surface area contributed by atoms with Gasteiger partial charge in [0, 0.05) is 12.6 Å². The van der Waals surface area contributed by atoms with Crippen LogP contribution in [0.2, 0.25) is 0 Å². The Labute approximate surface area is 84.5 Å². The van der Waals surface area contributed by atoms with Gasteiger partial charge in [0.15, 0.2) is 5.60 Å². The first-order chi connectivity index (χ1) is 6.46. The summed E-state index contributed by atoms with van der Waals surface area (Å²) in [7, 11) is 0. The maximum absolute atomic E-state index is 10.8. The van der Waals surface area contributed by atoms with Crippen LogP contribution >= 0.6 is 0 Å². The summed E-state index contributed by atoms with van der Waals surface area (Å²) < 4.78 is 0. The van der Waals surface area contributed by atoms with Crippen LogP contribution in [0.4, 0.5) is 0 Å². The van der Waals surface area contributed by atoms with Crippen LogP contribution in [0.3, 0.4) is 0 Å². The average molecular weight is 201 g/mol. The van der Waals surface area contributed by atoms with Crippen molar-refractivity contribution in [3.63, 3.8) is 0 Å². The molecule has 1 aliphatic rings. The number of hydrogen-bond acceptors (Lipinski definition) is 3. The fourth-order valence-corrected chi connectivity index (χ4v) is 1.87. The number of likely N-dealkylation sites (tertiary alicyclic amines) is 1. The zero-order chi connectivity index (χ0) is 10.8.